The molecule has 3 nitrogen and oxygen atoms in total. The average Bonchev–Trinajstić information content (AvgIpc) is 3.33. The predicted octanol–water partition coefficient (Wildman–Crippen LogP) is 4.95. The standard InChI is InChI=1S/C20H18Cl2N2O/c1-24-11-15(14-4-2-3-5-18(14)24)20(8-9-20)12-23-19(25)13-6-7-16(21)17(22)10-13/h2-7,10-11H,8-9,12H2,1H3,(H,23,25). The van der Waals surface area contributed by atoms with Crippen molar-refractivity contribution < 1.29 is 4.79 Å². The van der Waals surface area contributed by atoms with Crippen LogP contribution in [0, 0.1) is 0 Å². The Morgan fingerprint density at radius 1 is 1.16 bits per heavy atom. The number of hydrogen-bond donors (Lipinski definition) is 1. The minimum absolute atomic E-state index is 0.0345. The number of aryl methyl sites for hydroxylation is 1. The summed E-state index contributed by atoms with van der Waals surface area (Å²) >= 11 is 11.9. The van der Waals surface area contributed by atoms with Gasteiger partial charge in [0.15, 0.2) is 0 Å². The van der Waals surface area contributed by atoms with E-state index in [1.807, 2.05) is 0 Å². The van der Waals surface area contributed by atoms with E-state index in [9.17, 15) is 4.79 Å². The highest BCUT2D eigenvalue weighted by Crippen LogP contribution is 2.50. The van der Waals surface area contributed by atoms with Crippen LogP contribution in [0.5, 0.6) is 0 Å². The van der Waals surface area contributed by atoms with E-state index in [-0.39, 0.29) is 11.3 Å². The van der Waals surface area contributed by atoms with Crippen molar-refractivity contribution in [3.05, 3.63) is 69.8 Å². The van der Waals surface area contributed by atoms with Crippen molar-refractivity contribution in [3.63, 3.8) is 0 Å². The second kappa shape index (κ2) is 6.08. The minimum atomic E-state index is -0.120. The number of nitrogens with zero attached hydrogens (tertiary/aromatic N) is 1. The molecule has 25 heavy (non-hydrogen) atoms. The van der Waals surface area contributed by atoms with Crippen molar-refractivity contribution in [2.75, 3.05) is 6.54 Å². The lowest BCUT2D eigenvalue weighted by Gasteiger charge is -2.16. The van der Waals surface area contributed by atoms with Crippen molar-refractivity contribution in [3.8, 4) is 0 Å². The average molecular weight is 373 g/mol. The topological polar surface area (TPSA) is 34.0 Å². The fourth-order valence-corrected chi connectivity index (χ4v) is 3.74. The Kier molecular flexibility index (Phi) is 4.01. The molecule has 0 atom stereocenters. The number of nitrogens with one attached hydrogen (secondary N) is 1. The van der Waals surface area contributed by atoms with E-state index in [1.54, 1.807) is 18.2 Å². The number of rotatable bonds is 4. The van der Waals surface area contributed by atoms with Gasteiger partial charge in [0.25, 0.3) is 5.91 Å². The lowest BCUT2D eigenvalue weighted by molar-refractivity contribution is 0.0949. The van der Waals surface area contributed by atoms with Gasteiger partial charge in [-0.25, -0.2) is 0 Å². The molecule has 1 aromatic heterocycles. The zero-order chi connectivity index (χ0) is 17.6. The molecule has 0 bridgehead atoms. The lowest BCUT2D eigenvalue weighted by atomic mass is 9.95. The number of hydrogen-bond acceptors (Lipinski definition) is 1. The van der Waals surface area contributed by atoms with Crippen LogP contribution < -0.4 is 5.32 Å². The first-order valence-electron chi connectivity index (χ1n) is 8.28. The van der Waals surface area contributed by atoms with Gasteiger partial charge in [0.2, 0.25) is 0 Å². The molecule has 0 spiro atoms. The number of carbonyl (C=O) groups excluding carboxylic acids is 1. The fraction of sp³-hybridized carbons (Fsp3) is 0.250. The van der Waals surface area contributed by atoms with Gasteiger partial charge in [0, 0.05) is 41.7 Å². The Morgan fingerprint density at radius 2 is 1.92 bits per heavy atom. The summed E-state index contributed by atoms with van der Waals surface area (Å²) in [6.07, 6.45) is 4.37. The van der Waals surface area contributed by atoms with Gasteiger partial charge in [-0.05, 0) is 42.7 Å². The lowest BCUT2D eigenvalue weighted by Crippen LogP contribution is -2.32. The first kappa shape index (κ1) is 16.5. The number of aromatic nitrogens is 1. The molecule has 1 N–H and O–H groups in total. The Balaban J connectivity index is 1.56. The normalized spacial score (nSPS) is 15.3. The molecule has 1 fully saturated rings. The van der Waals surface area contributed by atoms with Crippen LogP contribution in [0.4, 0.5) is 0 Å². The van der Waals surface area contributed by atoms with E-state index in [4.69, 9.17) is 23.2 Å². The summed E-state index contributed by atoms with van der Waals surface area (Å²) in [6.45, 7) is 0.625. The molecule has 4 rings (SSSR count). The number of carbonyl (C=O) groups is 1. The maximum atomic E-state index is 12.5. The van der Waals surface area contributed by atoms with Gasteiger partial charge in [-0.15, -0.1) is 0 Å². The van der Waals surface area contributed by atoms with Gasteiger partial charge >= 0.3 is 0 Å². The maximum absolute atomic E-state index is 12.5. The SMILES string of the molecule is Cn1cc(C2(CNC(=O)c3ccc(Cl)c(Cl)c3)CC2)c2ccccc21. The zero-order valence-corrected chi connectivity index (χ0v) is 15.4. The van der Waals surface area contributed by atoms with Crippen molar-refractivity contribution in [2.24, 2.45) is 7.05 Å². The smallest absolute Gasteiger partial charge is 0.251 e. The molecule has 0 aliphatic heterocycles. The van der Waals surface area contributed by atoms with E-state index in [2.05, 4.69) is 47.4 Å². The van der Waals surface area contributed by atoms with E-state index >= 15 is 0 Å². The van der Waals surface area contributed by atoms with Crippen molar-refractivity contribution in [1.82, 2.24) is 9.88 Å². The summed E-state index contributed by atoms with van der Waals surface area (Å²) in [6, 6.07) is 13.4. The number of para-hydroxylation sites is 1. The Labute approximate surface area is 156 Å². The van der Waals surface area contributed by atoms with Crippen LogP contribution in [0.15, 0.2) is 48.7 Å². The van der Waals surface area contributed by atoms with Crippen LogP contribution >= 0.6 is 23.2 Å². The second-order valence-electron chi connectivity index (χ2n) is 6.76. The van der Waals surface area contributed by atoms with Gasteiger partial charge in [-0.2, -0.15) is 0 Å². The third-order valence-electron chi connectivity index (χ3n) is 5.09. The molecule has 5 heteroatoms. The van der Waals surface area contributed by atoms with Gasteiger partial charge in [-0.1, -0.05) is 41.4 Å². The van der Waals surface area contributed by atoms with Crippen LogP contribution in [0.3, 0.4) is 0 Å². The Hall–Kier alpha value is -1.97. The summed E-state index contributed by atoms with van der Waals surface area (Å²) in [5, 5.41) is 5.19. The molecule has 0 unspecified atom stereocenters. The predicted molar refractivity (Wildman–Crippen MR) is 103 cm³/mol. The van der Waals surface area contributed by atoms with Gasteiger partial charge < -0.3 is 9.88 Å². The van der Waals surface area contributed by atoms with Crippen LogP contribution in [0.25, 0.3) is 10.9 Å². The third kappa shape index (κ3) is 2.92. The molecule has 128 valence electrons. The molecule has 2 aromatic carbocycles. The van der Waals surface area contributed by atoms with Gasteiger partial charge in [0.05, 0.1) is 10.0 Å². The second-order valence-corrected chi connectivity index (χ2v) is 7.58. The van der Waals surface area contributed by atoms with E-state index in [0.717, 1.165) is 12.8 Å². The molecule has 1 aliphatic carbocycles. The fourth-order valence-electron chi connectivity index (χ4n) is 3.45. The third-order valence-corrected chi connectivity index (χ3v) is 5.83. The molecule has 3 aromatic rings. The van der Waals surface area contributed by atoms with Gasteiger partial charge in [0.1, 0.15) is 0 Å². The summed E-state index contributed by atoms with van der Waals surface area (Å²) in [4.78, 5) is 12.5. The quantitative estimate of drug-likeness (QED) is 0.690. The molecule has 1 heterocycles. The van der Waals surface area contributed by atoms with Crippen molar-refractivity contribution in [1.29, 1.82) is 0 Å². The molecular weight excluding hydrogens is 355 g/mol. The van der Waals surface area contributed by atoms with Crippen LogP contribution in [0.1, 0.15) is 28.8 Å². The number of halogens is 2. The summed E-state index contributed by atoms with van der Waals surface area (Å²) in [7, 11) is 2.07. The number of amides is 1. The molecular formula is C20H18Cl2N2O. The summed E-state index contributed by atoms with van der Waals surface area (Å²) in [5.74, 6) is -0.120. The van der Waals surface area contributed by atoms with E-state index in [0.29, 0.717) is 22.2 Å². The van der Waals surface area contributed by atoms with Crippen LogP contribution in [0.2, 0.25) is 10.0 Å². The van der Waals surface area contributed by atoms with E-state index in [1.165, 1.54) is 16.5 Å². The zero-order valence-electron chi connectivity index (χ0n) is 13.9. The maximum Gasteiger partial charge on any atom is 0.251 e. The van der Waals surface area contributed by atoms with Crippen molar-refractivity contribution >= 4 is 40.0 Å². The largest absolute Gasteiger partial charge is 0.351 e. The minimum Gasteiger partial charge on any atom is -0.351 e. The first-order valence-corrected chi connectivity index (χ1v) is 9.04. The van der Waals surface area contributed by atoms with Crippen LogP contribution in [-0.2, 0) is 12.5 Å². The van der Waals surface area contributed by atoms with Crippen LogP contribution in [-0.4, -0.2) is 17.0 Å². The first-order chi connectivity index (χ1) is 12.0. The molecule has 1 aliphatic rings. The number of fused-ring (bicyclic) bond motifs is 1. The van der Waals surface area contributed by atoms with Crippen molar-refractivity contribution in [2.45, 2.75) is 18.3 Å². The summed E-state index contributed by atoms with van der Waals surface area (Å²) < 4.78 is 2.16. The molecule has 0 saturated heterocycles. The monoisotopic (exact) mass is 372 g/mol. The summed E-state index contributed by atoms with van der Waals surface area (Å²) in [5.41, 5.74) is 3.11. The Bertz CT molecular complexity index is 973. The Morgan fingerprint density at radius 3 is 2.64 bits per heavy atom. The highest BCUT2D eigenvalue weighted by Gasteiger charge is 2.46. The molecule has 1 saturated carbocycles. The number of benzene rings is 2. The van der Waals surface area contributed by atoms with E-state index < -0.39 is 0 Å². The highest BCUT2D eigenvalue weighted by atomic mass is 35.5. The van der Waals surface area contributed by atoms with Gasteiger partial charge in [-0.3, -0.25) is 4.79 Å². The molecule has 0 radical (unpaired) electrons. The molecule has 1 amide bonds. The highest BCUT2D eigenvalue weighted by molar-refractivity contribution is 6.42.